The molecule has 0 bridgehead atoms. The van der Waals surface area contributed by atoms with Gasteiger partial charge in [0.1, 0.15) is 11.5 Å². The Morgan fingerprint density at radius 1 is 0.972 bits per heavy atom. The summed E-state index contributed by atoms with van der Waals surface area (Å²) in [6.45, 7) is 1.15. The van der Waals surface area contributed by atoms with Crippen molar-refractivity contribution in [1.82, 2.24) is 9.88 Å². The molecule has 1 aliphatic carbocycles. The van der Waals surface area contributed by atoms with Crippen molar-refractivity contribution in [3.8, 4) is 11.1 Å². The Kier molecular flexibility index (Phi) is 7.10. The van der Waals surface area contributed by atoms with Crippen molar-refractivity contribution >= 4 is 34.2 Å². The van der Waals surface area contributed by atoms with Crippen LogP contribution in [0.3, 0.4) is 0 Å². The first-order chi connectivity index (χ1) is 17.5. The third kappa shape index (κ3) is 5.02. The van der Waals surface area contributed by atoms with Gasteiger partial charge >= 0.3 is 0 Å². The summed E-state index contributed by atoms with van der Waals surface area (Å²) in [6.07, 6.45) is 6.06. The number of nitrogen functional groups attached to an aromatic ring is 1. The first kappa shape index (κ1) is 24.1. The van der Waals surface area contributed by atoms with Gasteiger partial charge in [-0.3, -0.25) is 10.2 Å². The molecule has 0 aliphatic heterocycles. The standard InChI is InChI=1S/C30H31ClN4O/c31-27-25-16-15-24(29(32)33)17-26(25)35(28(27)30(36)34-18-20-7-3-1-4-8-20)19-21-11-13-23(14-12-21)22-9-5-2-6-10-22/h2,5-6,9-17,20H,1,3-4,7-8,18-19H2,(H3,32,33)(H,34,36). The second-order valence-corrected chi connectivity index (χ2v) is 10.0. The fourth-order valence-corrected chi connectivity index (χ4v) is 5.54. The molecule has 1 heterocycles. The molecule has 4 N–H and O–H groups in total. The first-order valence-electron chi connectivity index (χ1n) is 12.6. The topological polar surface area (TPSA) is 83.9 Å². The van der Waals surface area contributed by atoms with Gasteiger partial charge in [0, 0.05) is 24.0 Å². The summed E-state index contributed by atoms with van der Waals surface area (Å²) < 4.78 is 1.96. The lowest BCUT2D eigenvalue weighted by molar-refractivity contribution is 0.0935. The molecule has 1 amide bonds. The van der Waals surface area contributed by atoms with E-state index in [0.717, 1.165) is 40.4 Å². The number of halogens is 1. The average Bonchev–Trinajstić information content (AvgIpc) is 3.19. The summed E-state index contributed by atoms with van der Waals surface area (Å²) in [6, 6.07) is 24.1. The number of rotatable bonds is 7. The highest BCUT2D eigenvalue weighted by Crippen LogP contribution is 2.33. The molecule has 6 heteroatoms. The highest BCUT2D eigenvalue weighted by molar-refractivity contribution is 6.39. The van der Waals surface area contributed by atoms with Crippen LogP contribution in [0.1, 0.15) is 53.7 Å². The third-order valence-corrected chi connectivity index (χ3v) is 7.59. The fourth-order valence-electron chi connectivity index (χ4n) is 5.19. The van der Waals surface area contributed by atoms with Crippen molar-refractivity contribution in [3.63, 3.8) is 0 Å². The van der Waals surface area contributed by atoms with Gasteiger partial charge in [-0.2, -0.15) is 0 Å². The molecule has 0 unspecified atom stereocenters. The Hall–Kier alpha value is -3.57. The minimum atomic E-state index is -0.160. The smallest absolute Gasteiger partial charge is 0.269 e. The Morgan fingerprint density at radius 2 is 1.67 bits per heavy atom. The Balaban J connectivity index is 1.49. The largest absolute Gasteiger partial charge is 0.384 e. The van der Waals surface area contributed by atoms with E-state index in [0.29, 0.717) is 35.3 Å². The lowest BCUT2D eigenvalue weighted by atomic mass is 9.89. The van der Waals surface area contributed by atoms with Crippen molar-refractivity contribution in [2.24, 2.45) is 11.7 Å². The number of benzene rings is 3. The van der Waals surface area contributed by atoms with E-state index in [1.165, 1.54) is 19.3 Å². The molecule has 5 nitrogen and oxygen atoms in total. The van der Waals surface area contributed by atoms with Gasteiger partial charge in [-0.25, -0.2) is 0 Å². The van der Waals surface area contributed by atoms with Crippen LogP contribution in [0.2, 0.25) is 5.02 Å². The minimum Gasteiger partial charge on any atom is -0.384 e. The fraction of sp³-hybridized carbons (Fsp3) is 0.267. The maximum atomic E-state index is 13.5. The monoisotopic (exact) mass is 498 g/mol. The van der Waals surface area contributed by atoms with Crippen molar-refractivity contribution in [3.05, 3.63) is 94.6 Å². The predicted octanol–water partition coefficient (Wildman–Crippen LogP) is 6.60. The number of nitrogens with zero attached hydrogens (tertiary/aromatic N) is 1. The molecule has 184 valence electrons. The zero-order valence-electron chi connectivity index (χ0n) is 20.3. The molecule has 0 spiro atoms. The molecular weight excluding hydrogens is 468 g/mol. The van der Waals surface area contributed by atoms with Crippen LogP contribution in [0.25, 0.3) is 22.0 Å². The third-order valence-electron chi connectivity index (χ3n) is 7.21. The average molecular weight is 499 g/mol. The van der Waals surface area contributed by atoms with E-state index in [-0.39, 0.29) is 11.7 Å². The molecule has 4 aromatic rings. The van der Waals surface area contributed by atoms with Gasteiger partial charge in [0.25, 0.3) is 5.91 Å². The normalized spacial score (nSPS) is 14.1. The molecular formula is C30H31ClN4O. The van der Waals surface area contributed by atoms with E-state index in [4.69, 9.17) is 22.7 Å². The van der Waals surface area contributed by atoms with E-state index in [1.807, 2.05) is 34.9 Å². The first-order valence-corrected chi connectivity index (χ1v) is 13.0. The number of hydrogen-bond donors (Lipinski definition) is 3. The summed E-state index contributed by atoms with van der Waals surface area (Å²) >= 11 is 6.82. The van der Waals surface area contributed by atoms with Crippen LogP contribution in [0.15, 0.2) is 72.8 Å². The SMILES string of the molecule is N=C(N)c1ccc2c(Cl)c(C(=O)NCC3CCCCC3)n(Cc3ccc(-c4ccccc4)cc3)c2c1. The Bertz CT molecular complexity index is 1390. The van der Waals surface area contributed by atoms with E-state index < -0.39 is 0 Å². The van der Waals surface area contributed by atoms with E-state index in [9.17, 15) is 4.79 Å². The van der Waals surface area contributed by atoms with Crippen LogP contribution >= 0.6 is 11.6 Å². The number of aromatic nitrogens is 1. The van der Waals surface area contributed by atoms with Gasteiger partial charge in [0.2, 0.25) is 0 Å². The number of fused-ring (bicyclic) bond motifs is 1. The van der Waals surface area contributed by atoms with Crippen LogP contribution in [0.5, 0.6) is 0 Å². The zero-order valence-corrected chi connectivity index (χ0v) is 21.0. The van der Waals surface area contributed by atoms with Crippen LogP contribution in [0.4, 0.5) is 0 Å². The van der Waals surface area contributed by atoms with Gasteiger partial charge < -0.3 is 15.6 Å². The molecule has 1 saturated carbocycles. The van der Waals surface area contributed by atoms with Crippen molar-refractivity contribution in [2.45, 2.75) is 38.6 Å². The van der Waals surface area contributed by atoms with Crippen molar-refractivity contribution < 1.29 is 4.79 Å². The van der Waals surface area contributed by atoms with Crippen LogP contribution < -0.4 is 11.1 Å². The molecule has 3 aromatic carbocycles. The van der Waals surface area contributed by atoms with Crippen LogP contribution in [-0.2, 0) is 6.54 Å². The lowest BCUT2D eigenvalue weighted by Gasteiger charge is -2.22. The molecule has 0 atom stereocenters. The highest BCUT2D eigenvalue weighted by Gasteiger charge is 2.24. The number of nitrogens with one attached hydrogen (secondary N) is 2. The summed E-state index contributed by atoms with van der Waals surface area (Å²) in [4.78, 5) is 13.5. The van der Waals surface area contributed by atoms with E-state index in [2.05, 4.69) is 41.7 Å². The summed E-state index contributed by atoms with van der Waals surface area (Å²) in [5.74, 6) is 0.345. The maximum absolute atomic E-state index is 13.5. The molecule has 0 radical (unpaired) electrons. The Morgan fingerprint density at radius 3 is 2.36 bits per heavy atom. The van der Waals surface area contributed by atoms with Crippen LogP contribution in [-0.4, -0.2) is 22.9 Å². The van der Waals surface area contributed by atoms with Crippen molar-refractivity contribution in [1.29, 1.82) is 5.41 Å². The molecule has 0 saturated heterocycles. The molecule has 1 aliphatic rings. The summed E-state index contributed by atoms with van der Waals surface area (Å²) in [7, 11) is 0. The number of amides is 1. The molecule has 36 heavy (non-hydrogen) atoms. The second kappa shape index (κ2) is 10.6. The predicted molar refractivity (Wildman–Crippen MR) is 148 cm³/mol. The Labute approximate surface area is 216 Å². The van der Waals surface area contributed by atoms with E-state index >= 15 is 0 Å². The van der Waals surface area contributed by atoms with E-state index in [1.54, 1.807) is 6.07 Å². The number of nitrogens with two attached hydrogens (primary N) is 1. The number of amidine groups is 1. The number of carbonyl (C=O) groups is 1. The van der Waals surface area contributed by atoms with Crippen molar-refractivity contribution in [2.75, 3.05) is 6.54 Å². The quantitative estimate of drug-likeness (QED) is 0.198. The lowest BCUT2D eigenvalue weighted by Crippen LogP contribution is -2.32. The zero-order chi connectivity index (χ0) is 25.1. The minimum absolute atomic E-state index is 0.0173. The van der Waals surface area contributed by atoms with Crippen LogP contribution in [0, 0.1) is 11.3 Å². The second-order valence-electron chi connectivity index (χ2n) is 9.67. The van der Waals surface area contributed by atoms with Gasteiger partial charge in [-0.1, -0.05) is 97.6 Å². The van der Waals surface area contributed by atoms with Gasteiger partial charge in [-0.05, 0) is 41.5 Å². The summed E-state index contributed by atoms with van der Waals surface area (Å²) in [5, 5.41) is 12.3. The molecule has 5 rings (SSSR count). The molecule has 1 aromatic heterocycles. The van der Waals surface area contributed by atoms with Gasteiger partial charge in [0.15, 0.2) is 0 Å². The highest BCUT2D eigenvalue weighted by atomic mass is 35.5. The molecule has 1 fully saturated rings. The maximum Gasteiger partial charge on any atom is 0.269 e. The summed E-state index contributed by atoms with van der Waals surface area (Å²) in [5.41, 5.74) is 11.0. The number of carbonyl (C=O) groups excluding carboxylic acids is 1. The number of hydrogen-bond acceptors (Lipinski definition) is 2. The van der Waals surface area contributed by atoms with Gasteiger partial charge in [-0.15, -0.1) is 0 Å². The van der Waals surface area contributed by atoms with Gasteiger partial charge in [0.05, 0.1) is 10.5 Å².